The van der Waals surface area contributed by atoms with Crippen molar-refractivity contribution in [2.24, 2.45) is 0 Å². The van der Waals surface area contributed by atoms with Gasteiger partial charge in [0.2, 0.25) is 10.0 Å². The molecule has 0 bridgehead atoms. The summed E-state index contributed by atoms with van der Waals surface area (Å²) < 4.78 is 32.4. The molecule has 0 aliphatic carbocycles. The van der Waals surface area contributed by atoms with E-state index in [4.69, 9.17) is 4.42 Å². The van der Waals surface area contributed by atoms with E-state index in [1.165, 1.54) is 10.6 Å². The van der Waals surface area contributed by atoms with Gasteiger partial charge in [-0.3, -0.25) is 0 Å². The molecule has 7 heteroatoms. The molecule has 0 amide bonds. The Morgan fingerprint density at radius 2 is 1.80 bits per heavy atom. The van der Waals surface area contributed by atoms with Crippen molar-refractivity contribution < 1.29 is 12.8 Å². The maximum atomic E-state index is 12.9. The summed E-state index contributed by atoms with van der Waals surface area (Å²) in [6.07, 6.45) is 5.92. The predicted molar refractivity (Wildman–Crippen MR) is 92.3 cm³/mol. The van der Waals surface area contributed by atoms with Crippen LogP contribution in [0.25, 0.3) is 11.3 Å². The highest BCUT2D eigenvalue weighted by molar-refractivity contribution is 7.89. The molecule has 4 rings (SSSR count). The number of hydrogen-bond acceptors (Lipinski definition) is 5. The van der Waals surface area contributed by atoms with Gasteiger partial charge in [0, 0.05) is 36.3 Å². The minimum absolute atomic E-state index is 0.321. The van der Waals surface area contributed by atoms with Crippen LogP contribution in [0.4, 0.5) is 0 Å². The van der Waals surface area contributed by atoms with Gasteiger partial charge < -0.3 is 4.42 Å². The third-order valence-corrected chi connectivity index (χ3v) is 6.33. The summed E-state index contributed by atoms with van der Waals surface area (Å²) in [5, 5.41) is 0. The average Bonchev–Trinajstić information content (AvgIpc) is 3.08. The molecule has 1 aliphatic heterocycles. The first-order valence-electron chi connectivity index (χ1n) is 8.07. The standard InChI is InChI=1S/C18H17N3O3S/c22-25(23,15-4-2-1-3-5-15)21-9-6-16-17(7-10-21)19-13-20-18(16)14-8-11-24-12-14/h1-5,8,11-13H,6-7,9-10H2. The van der Waals surface area contributed by atoms with Crippen LogP contribution in [0.1, 0.15) is 11.3 Å². The lowest BCUT2D eigenvalue weighted by molar-refractivity contribution is 0.426. The molecule has 1 aliphatic rings. The number of fused-ring (bicyclic) bond motifs is 1. The minimum Gasteiger partial charge on any atom is -0.472 e. The van der Waals surface area contributed by atoms with Crippen LogP contribution in [0, 0.1) is 0 Å². The van der Waals surface area contributed by atoms with Crippen molar-refractivity contribution in [3.05, 3.63) is 66.5 Å². The third kappa shape index (κ3) is 2.96. The summed E-state index contributed by atoms with van der Waals surface area (Å²) in [6.45, 7) is 0.814. The van der Waals surface area contributed by atoms with Gasteiger partial charge in [0.15, 0.2) is 0 Å². The van der Waals surface area contributed by atoms with E-state index >= 15 is 0 Å². The van der Waals surface area contributed by atoms with Crippen LogP contribution >= 0.6 is 0 Å². The highest BCUT2D eigenvalue weighted by Gasteiger charge is 2.28. The summed E-state index contributed by atoms with van der Waals surface area (Å²) in [5.41, 5.74) is 3.60. The SMILES string of the molecule is O=S(=O)(c1ccccc1)N1CCc2ncnc(-c3ccoc3)c2CC1. The number of rotatable bonds is 3. The molecule has 2 aromatic heterocycles. The second kappa shape index (κ2) is 6.42. The molecule has 0 spiro atoms. The second-order valence-corrected chi connectivity index (χ2v) is 7.81. The van der Waals surface area contributed by atoms with Crippen molar-refractivity contribution in [3.8, 4) is 11.3 Å². The molecule has 6 nitrogen and oxygen atoms in total. The lowest BCUT2D eigenvalue weighted by Gasteiger charge is -2.19. The van der Waals surface area contributed by atoms with Crippen molar-refractivity contribution in [3.63, 3.8) is 0 Å². The normalized spacial score (nSPS) is 15.5. The van der Waals surface area contributed by atoms with Crippen LogP contribution in [0.2, 0.25) is 0 Å². The highest BCUT2D eigenvalue weighted by atomic mass is 32.2. The van der Waals surface area contributed by atoms with Crippen LogP contribution in [-0.4, -0.2) is 35.8 Å². The zero-order valence-electron chi connectivity index (χ0n) is 13.5. The van der Waals surface area contributed by atoms with Crippen LogP contribution in [0.15, 0.2) is 64.6 Å². The summed E-state index contributed by atoms with van der Waals surface area (Å²) in [5.74, 6) is 0. The van der Waals surface area contributed by atoms with Crippen molar-refractivity contribution in [2.45, 2.75) is 17.7 Å². The topological polar surface area (TPSA) is 76.3 Å². The fraction of sp³-hybridized carbons (Fsp3) is 0.222. The summed E-state index contributed by atoms with van der Waals surface area (Å²) in [7, 11) is -3.50. The fourth-order valence-electron chi connectivity index (χ4n) is 3.14. The van der Waals surface area contributed by atoms with Gasteiger partial charge in [-0.15, -0.1) is 0 Å². The first kappa shape index (κ1) is 16.0. The van der Waals surface area contributed by atoms with Gasteiger partial charge in [0.25, 0.3) is 0 Å². The average molecular weight is 355 g/mol. The summed E-state index contributed by atoms with van der Waals surface area (Å²) in [4.78, 5) is 9.08. The number of hydrogen-bond donors (Lipinski definition) is 0. The minimum atomic E-state index is -3.50. The van der Waals surface area contributed by atoms with Gasteiger partial charge in [-0.1, -0.05) is 18.2 Å². The molecule has 0 fully saturated rings. The van der Waals surface area contributed by atoms with Crippen LogP contribution < -0.4 is 0 Å². The van der Waals surface area contributed by atoms with E-state index in [1.54, 1.807) is 36.8 Å². The number of aromatic nitrogens is 2. The first-order chi connectivity index (χ1) is 12.2. The zero-order valence-corrected chi connectivity index (χ0v) is 14.3. The monoisotopic (exact) mass is 355 g/mol. The summed E-state index contributed by atoms with van der Waals surface area (Å²) in [6, 6.07) is 10.4. The van der Waals surface area contributed by atoms with E-state index in [1.807, 2.05) is 12.1 Å². The van der Waals surface area contributed by atoms with Gasteiger partial charge in [0.1, 0.15) is 6.33 Å². The van der Waals surface area contributed by atoms with E-state index in [9.17, 15) is 8.42 Å². The lowest BCUT2D eigenvalue weighted by atomic mass is 10.0. The number of nitrogens with zero attached hydrogens (tertiary/aromatic N) is 3. The second-order valence-electron chi connectivity index (χ2n) is 5.88. The third-order valence-electron chi connectivity index (χ3n) is 4.42. The van der Waals surface area contributed by atoms with Crippen LogP contribution in [0.5, 0.6) is 0 Å². The van der Waals surface area contributed by atoms with Crippen LogP contribution in [-0.2, 0) is 22.9 Å². The van der Waals surface area contributed by atoms with E-state index in [0.717, 1.165) is 22.5 Å². The maximum Gasteiger partial charge on any atom is 0.243 e. The quantitative estimate of drug-likeness (QED) is 0.721. The van der Waals surface area contributed by atoms with E-state index < -0.39 is 10.0 Å². The van der Waals surface area contributed by atoms with Gasteiger partial charge in [0.05, 0.1) is 23.1 Å². The molecule has 0 unspecified atom stereocenters. The molecule has 0 saturated carbocycles. The Bertz CT molecular complexity index is 970. The van der Waals surface area contributed by atoms with Gasteiger partial charge in [-0.05, 0) is 24.6 Å². The molecular formula is C18H17N3O3S. The van der Waals surface area contributed by atoms with Crippen molar-refractivity contribution in [1.29, 1.82) is 0 Å². The molecule has 128 valence electrons. The lowest BCUT2D eigenvalue weighted by Crippen LogP contribution is -2.33. The van der Waals surface area contributed by atoms with Crippen LogP contribution in [0.3, 0.4) is 0 Å². The highest BCUT2D eigenvalue weighted by Crippen LogP contribution is 2.27. The Hall–Kier alpha value is -2.51. The van der Waals surface area contributed by atoms with Gasteiger partial charge in [-0.25, -0.2) is 18.4 Å². The molecule has 0 N–H and O–H groups in total. The maximum absolute atomic E-state index is 12.9. The smallest absolute Gasteiger partial charge is 0.243 e. The molecule has 3 aromatic rings. The van der Waals surface area contributed by atoms with E-state index in [0.29, 0.717) is 30.8 Å². The molecule has 0 atom stereocenters. The molecule has 1 aromatic carbocycles. The number of benzene rings is 1. The fourth-order valence-corrected chi connectivity index (χ4v) is 4.60. The van der Waals surface area contributed by atoms with Crippen molar-refractivity contribution >= 4 is 10.0 Å². The zero-order chi connectivity index (χ0) is 17.3. The molecule has 0 saturated heterocycles. The first-order valence-corrected chi connectivity index (χ1v) is 9.51. The molecule has 3 heterocycles. The molecule has 0 radical (unpaired) electrons. The van der Waals surface area contributed by atoms with Crippen molar-refractivity contribution in [1.82, 2.24) is 14.3 Å². The largest absolute Gasteiger partial charge is 0.472 e. The summed E-state index contributed by atoms with van der Waals surface area (Å²) >= 11 is 0. The predicted octanol–water partition coefficient (Wildman–Crippen LogP) is 2.53. The Balaban J connectivity index is 1.66. The van der Waals surface area contributed by atoms with Gasteiger partial charge in [-0.2, -0.15) is 4.31 Å². The number of sulfonamides is 1. The Morgan fingerprint density at radius 1 is 1.00 bits per heavy atom. The Labute approximate surface area is 146 Å². The van der Waals surface area contributed by atoms with Gasteiger partial charge >= 0.3 is 0 Å². The van der Waals surface area contributed by atoms with E-state index in [-0.39, 0.29) is 0 Å². The van der Waals surface area contributed by atoms with E-state index in [2.05, 4.69) is 9.97 Å². The molecular weight excluding hydrogens is 338 g/mol. The number of furan rings is 1. The Kier molecular flexibility index (Phi) is 4.10. The Morgan fingerprint density at radius 3 is 2.56 bits per heavy atom. The molecule has 25 heavy (non-hydrogen) atoms. The van der Waals surface area contributed by atoms with Crippen molar-refractivity contribution in [2.75, 3.05) is 13.1 Å².